The van der Waals surface area contributed by atoms with E-state index in [0.717, 1.165) is 21.8 Å². The highest BCUT2D eigenvalue weighted by atomic mass is 32.2. The molecule has 0 N–H and O–H groups in total. The topological polar surface area (TPSA) is 58.4 Å². The van der Waals surface area contributed by atoms with E-state index in [-0.39, 0.29) is 11.8 Å². The number of benzene rings is 2. The van der Waals surface area contributed by atoms with Gasteiger partial charge < -0.3 is 9.80 Å². The van der Waals surface area contributed by atoms with Crippen molar-refractivity contribution in [2.45, 2.75) is 12.6 Å². The molecule has 0 spiro atoms. The average Bonchev–Trinajstić information content (AvgIpc) is 3.65. The van der Waals surface area contributed by atoms with Gasteiger partial charge in [0, 0.05) is 36.7 Å². The van der Waals surface area contributed by atoms with Crippen LogP contribution in [-0.4, -0.2) is 56.1 Å². The Kier molecular flexibility index (Phi) is 6.51. The summed E-state index contributed by atoms with van der Waals surface area (Å²) in [5, 5.41) is 6.86. The van der Waals surface area contributed by atoms with Crippen LogP contribution < -0.4 is 0 Å². The van der Waals surface area contributed by atoms with Gasteiger partial charge in [0.15, 0.2) is 0 Å². The van der Waals surface area contributed by atoms with Crippen LogP contribution >= 0.6 is 23.1 Å². The van der Waals surface area contributed by atoms with Gasteiger partial charge in [0.2, 0.25) is 5.91 Å². The average molecular weight is 489 g/mol. The summed E-state index contributed by atoms with van der Waals surface area (Å²) in [6, 6.07) is 22.7. The molecule has 0 aliphatic carbocycles. The van der Waals surface area contributed by atoms with E-state index in [1.54, 1.807) is 52.1 Å². The summed E-state index contributed by atoms with van der Waals surface area (Å²) in [6.07, 6.45) is 1.99. The molecular formula is C26H24N4O2S2. The number of carbonyl (C=O) groups excluding carboxylic acids is 2. The Morgan fingerprint density at radius 3 is 2.47 bits per heavy atom. The van der Waals surface area contributed by atoms with Crippen molar-refractivity contribution in [1.82, 2.24) is 19.6 Å². The molecule has 0 radical (unpaired) electrons. The Bertz CT molecular complexity index is 1270. The van der Waals surface area contributed by atoms with Gasteiger partial charge in [0.25, 0.3) is 5.91 Å². The van der Waals surface area contributed by atoms with Crippen molar-refractivity contribution < 1.29 is 9.59 Å². The second-order valence-corrected chi connectivity index (χ2v) is 10.1. The summed E-state index contributed by atoms with van der Waals surface area (Å²) in [4.78, 5) is 31.0. The predicted octanol–water partition coefficient (Wildman–Crippen LogP) is 4.77. The molecule has 34 heavy (non-hydrogen) atoms. The summed E-state index contributed by atoms with van der Waals surface area (Å²) in [5.74, 6) is 0.958. The maximum Gasteiger partial charge on any atom is 0.255 e. The number of nitrogens with zero attached hydrogens (tertiary/aromatic N) is 4. The number of thioether (sulfide) groups is 1. The van der Waals surface area contributed by atoms with Crippen LogP contribution in [0.15, 0.2) is 84.4 Å². The van der Waals surface area contributed by atoms with E-state index in [2.05, 4.69) is 0 Å². The molecule has 1 aliphatic heterocycles. The molecular weight excluding hydrogens is 464 g/mol. The molecule has 6 nitrogen and oxygen atoms in total. The van der Waals surface area contributed by atoms with Gasteiger partial charge in [-0.05, 0) is 35.7 Å². The minimum absolute atomic E-state index is 0.0566. The third-order valence-corrected chi connectivity index (χ3v) is 7.69. The molecule has 1 fully saturated rings. The van der Waals surface area contributed by atoms with E-state index < -0.39 is 6.04 Å². The first kappa shape index (κ1) is 22.4. The van der Waals surface area contributed by atoms with Gasteiger partial charge in [0.1, 0.15) is 11.7 Å². The van der Waals surface area contributed by atoms with Crippen LogP contribution in [0, 0.1) is 0 Å². The number of para-hydroxylation sites is 1. The van der Waals surface area contributed by atoms with Gasteiger partial charge in [-0.2, -0.15) is 5.10 Å². The number of likely N-dealkylation sites (N-methyl/N-ethyl adjacent to an activating group) is 1. The first-order valence-corrected chi connectivity index (χ1v) is 13.0. The fourth-order valence-corrected chi connectivity index (χ4v) is 5.93. The van der Waals surface area contributed by atoms with E-state index in [4.69, 9.17) is 5.10 Å². The standard InChI is InChI=1S/C26H24N4O2S2/c1-28(26(32)22-17-33-18-29(22)25(31)19-9-4-2-5-10-19)15-20-16-30(21-11-6-3-7-12-21)27-24(20)23-13-8-14-34-23/h2-14,16,22H,15,17-18H2,1H3. The van der Waals surface area contributed by atoms with Crippen LogP contribution in [0.5, 0.6) is 0 Å². The zero-order valence-corrected chi connectivity index (χ0v) is 20.3. The summed E-state index contributed by atoms with van der Waals surface area (Å²) >= 11 is 3.24. The van der Waals surface area contributed by atoms with Crippen molar-refractivity contribution in [1.29, 1.82) is 0 Å². The van der Waals surface area contributed by atoms with Gasteiger partial charge in [0.05, 0.1) is 16.4 Å². The maximum absolute atomic E-state index is 13.5. The number of hydrogen-bond donors (Lipinski definition) is 0. The first-order valence-electron chi connectivity index (χ1n) is 11.0. The van der Waals surface area contributed by atoms with E-state index >= 15 is 0 Å². The lowest BCUT2D eigenvalue weighted by atomic mass is 10.1. The lowest BCUT2D eigenvalue weighted by Crippen LogP contribution is -2.47. The Morgan fingerprint density at radius 2 is 1.76 bits per heavy atom. The highest BCUT2D eigenvalue weighted by Crippen LogP contribution is 2.30. The largest absolute Gasteiger partial charge is 0.339 e. The monoisotopic (exact) mass is 488 g/mol. The highest BCUT2D eigenvalue weighted by molar-refractivity contribution is 7.99. The Morgan fingerprint density at radius 1 is 1.03 bits per heavy atom. The molecule has 5 rings (SSSR count). The first-order chi connectivity index (χ1) is 16.6. The molecule has 8 heteroatoms. The Balaban J connectivity index is 1.38. The smallest absolute Gasteiger partial charge is 0.255 e. The third kappa shape index (κ3) is 4.51. The quantitative estimate of drug-likeness (QED) is 0.392. The summed E-state index contributed by atoms with van der Waals surface area (Å²) in [5.41, 5.74) is 3.41. The minimum atomic E-state index is -0.475. The maximum atomic E-state index is 13.5. The predicted molar refractivity (Wildman–Crippen MR) is 137 cm³/mol. The lowest BCUT2D eigenvalue weighted by Gasteiger charge is -2.27. The van der Waals surface area contributed by atoms with Crippen molar-refractivity contribution in [3.63, 3.8) is 0 Å². The molecule has 1 unspecified atom stereocenters. The van der Waals surface area contributed by atoms with Crippen LogP contribution in [0.25, 0.3) is 16.3 Å². The van der Waals surface area contributed by atoms with Crippen molar-refractivity contribution in [2.75, 3.05) is 18.7 Å². The fraction of sp³-hybridized carbons (Fsp3) is 0.192. The molecule has 0 saturated carbocycles. The normalized spacial score (nSPS) is 15.4. The van der Waals surface area contributed by atoms with Gasteiger partial charge in [-0.15, -0.1) is 23.1 Å². The van der Waals surface area contributed by atoms with E-state index in [1.807, 2.05) is 76.9 Å². The molecule has 2 aromatic carbocycles. The molecule has 172 valence electrons. The lowest BCUT2D eigenvalue weighted by molar-refractivity contribution is -0.134. The molecule has 3 heterocycles. The number of carbonyl (C=O) groups is 2. The zero-order valence-electron chi connectivity index (χ0n) is 18.7. The van der Waals surface area contributed by atoms with Crippen molar-refractivity contribution in [3.8, 4) is 16.3 Å². The Hall–Kier alpha value is -3.36. The van der Waals surface area contributed by atoms with Crippen LogP contribution in [0.4, 0.5) is 0 Å². The SMILES string of the molecule is CN(Cc1cn(-c2ccccc2)nc1-c1cccs1)C(=O)C1CSCN1C(=O)c1ccccc1. The molecule has 2 aromatic heterocycles. The van der Waals surface area contributed by atoms with Crippen molar-refractivity contribution >= 4 is 34.9 Å². The Labute approximate surface area is 206 Å². The van der Waals surface area contributed by atoms with Crippen LogP contribution in [0.2, 0.25) is 0 Å². The fourth-order valence-electron chi connectivity index (χ4n) is 4.04. The number of rotatable bonds is 6. The third-order valence-electron chi connectivity index (χ3n) is 5.80. The second kappa shape index (κ2) is 9.87. The van der Waals surface area contributed by atoms with E-state index in [0.29, 0.717) is 23.7 Å². The summed E-state index contributed by atoms with van der Waals surface area (Å²) < 4.78 is 1.86. The molecule has 0 bridgehead atoms. The number of aromatic nitrogens is 2. The van der Waals surface area contributed by atoms with Crippen LogP contribution in [0.1, 0.15) is 15.9 Å². The zero-order chi connectivity index (χ0) is 23.5. The molecule has 1 atom stereocenters. The van der Waals surface area contributed by atoms with Crippen LogP contribution in [-0.2, 0) is 11.3 Å². The van der Waals surface area contributed by atoms with Gasteiger partial charge in [-0.1, -0.05) is 42.5 Å². The summed E-state index contributed by atoms with van der Waals surface area (Å²) in [7, 11) is 1.80. The van der Waals surface area contributed by atoms with Crippen molar-refractivity contribution in [2.24, 2.45) is 0 Å². The van der Waals surface area contributed by atoms with E-state index in [9.17, 15) is 9.59 Å². The van der Waals surface area contributed by atoms with Gasteiger partial charge >= 0.3 is 0 Å². The van der Waals surface area contributed by atoms with E-state index in [1.165, 1.54) is 0 Å². The minimum Gasteiger partial charge on any atom is -0.339 e. The number of thiophene rings is 1. The highest BCUT2D eigenvalue weighted by Gasteiger charge is 2.36. The van der Waals surface area contributed by atoms with Gasteiger partial charge in [-0.3, -0.25) is 9.59 Å². The van der Waals surface area contributed by atoms with Crippen LogP contribution in [0.3, 0.4) is 0 Å². The van der Waals surface area contributed by atoms with Crippen molar-refractivity contribution in [3.05, 3.63) is 95.5 Å². The van der Waals surface area contributed by atoms with Gasteiger partial charge in [-0.25, -0.2) is 4.68 Å². The number of hydrogen-bond acceptors (Lipinski definition) is 5. The summed E-state index contributed by atoms with van der Waals surface area (Å²) in [6.45, 7) is 0.410. The molecule has 2 amide bonds. The molecule has 1 saturated heterocycles. The second-order valence-electron chi connectivity index (χ2n) is 8.11. The molecule has 1 aliphatic rings. The molecule has 4 aromatic rings. The number of amides is 2.